The quantitative estimate of drug-likeness (QED) is 0.514. The minimum absolute atomic E-state index is 0.0480. The zero-order valence-electron chi connectivity index (χ0n) is 17.7. The highest BCUT2D eigenvalue weighted by Crippen LogP contribution is 2.43. The largest absolute Gasteiger partial charge is 0.373 e. The average Bonchev–Trinajstić information content (AvgIpc) is 3.19. The highest BCUT2D eigenvalue weighted by Gasteiger charge is 2.28. The molecule has 5 nitrogen and oxygen atoms in total. The number of aromatic nitrogens is 1. The second kappa shape index (κ2) is 9.58. The van der Waals surface area contributed by atoms with Crippen LogP contribution in [-0.4, -0.2) is 31.5 Å². The molecule has 0 bridgehead atoms. The Kier molecular flexibility index (Phi) is 6.65. The Balaban J connectivity index is 1.38. The molecule has 0 saturated heterocycles. The first kappa shape index (κ1) is 20.8. The molecule has 3 aromatic rings. The summed E-state index contributed by atoms with van der Waals surface area (Å²) < 4.78 is 1.21. The van der Waals surface area contributed by atoms with E-state index in [9.17, 15) is 4.79 Å². The van der Waals surface area contributed by atoms with Crippen molar-refractivity contribution in [2.24, 2.45) is 5.92 Å². The highest BCUT2D eigenvalue weighted by molar-refractivity contribution is 7.21. The molecule has 4 rings (SSSR count). The molecule has 1 saturated carbocycles. The van der Waals surface area contributed by atoms with Gasteiger partial charge in [0.15, 0.2) is 0 Å². The topological polar surface area (TPSA) is 66.0 Å². The molecule has 6 heteroatoms. The van der Waals surface area contributed by atoms with Crippen molar-refractivity contribution in [3.63, 3.8) is 0 Å². The van der Waals surface area contributed by atoms with Crippen molar-refractivity contribution < 1.29 is 4.79 Å². The Morgan fingerprint density at radius 1 is 1.10 bits per heavy atom. The van der Waals surface area contributed by atoms with E-state index in [0.29, 0.717) is 11.8 Å². The van der Waals surface area contributed by atoms with Crippen LogP contribution in [0.3, 0.4) is 0 Å². The number of carbonyl (C=O) groups is 1. The standard InChI is InChI=1S/C24H30N4OS/c1-25-23-18(6-5-13-28-23)15-27-14-16-9-11-17(12-10-16)21-19-7-3-4-8-20(19)30-22(21)24(29)26-2/h3-8,13,16-17,27H,9-12,14-15H2,1-2H3,(H,25,28)(H,26,29). The number of fused-ring (bicyclic) bond motifs is 1. The Bertz CT molecular complexity index is 1010. The average molecular weight is 423 g/mol. The van der Waals surface area contributed by atoms with Gasteiger partial charge in [-0.25, -0.2) is 4.98 Å². The molecule has 1 fully saturated rings. The van der Waals surface area contributed by atoms with Crippen LogP contribution in [0.1, 0.15) is 52.4 Å². The van der Waals surface area contributed by atoms with E-state index in [1.165, 1.54) is 34.1 Å². The van der Waals surface area contributed by atoms with Crippen molar-refractivity contribution in [2.75, 3.05) is 26.0 Å². The molecular formula is C24H30N4OS. The van der Waals surface area contributed by atoms with Crippen LogP contribution in [0.4, 0.5) is 5.82 Å². The van der Waals surface area contributed by atoms with Crippen LogP contribution >= 0.6 is 11.3 Å². The Morgan fingerprint density at radius 2 is 1.90 bits per heavy atom. The number of nitrogens with zero attached hydrogens (tertiary/aromatic N) is 1. The molecule has 0 aliphatic heterocycles. The molecule has 1 aromatic carbocycles. The van der Waals surface area contributed by atoms with Gasteiger partial charge in [0.1, 0.15) is 5.82 Å². The summed E-state index contributed by atoms with van der Waals surface area (Å²) in [6, 6.07) is 12.5. The molecule has 0 spiro atoms. The molecule has 2 aromatic heterocycles. The molecule has 2 heterocycles. The van der Waals surface area contributed by atoms with E-state index < -0.39 is 0 Å². The fraction of sp³-hybridized carbons (Fsp3) is 0.417. The van der Waals surface area contributed by atoms with Crippen LogP contribution in [0.2, 0.25) is 0 Å². The van der Waals surface area contributed by atoms with Crippen LogP contribution in [0.25, 0.3) is 10.1 Å². The predicted octanol–water partition coefficient (Wildman–Crippen LogP) is 4.76. The van der Waals surface area contributed by atoms with Crippen LogP contribution in [0, 0.1) is 5.92 Å². The van der Waals surface area contributed by atoms with Crippen molar-refractivity contribution >= 4 is 33.1 Å². The number of nitrogens with one attached hydrogen (secondary N) is 3. The molecule has 3 N–H and O–H groups in total. The van der Waals surface area contributed by atoms with Gasteiger partial charge in [-0.3, -0.25) is 4.79 Å². The van der Waals surface area contributed by atoms with Gasteiger partial charge in [0.2, 0.25) is 0 Å². The van der Waals surface area contributed by atoms with Gasteiger partial charge in [-0.2, -0.15) is 0 Å². The lowest BCUT2D eigenvalue weighted by Gasteiger charge is -2.29. The number of rotatable bonds is 7. The zero-order valence-corrected chi connectivity index (χ0v) is 18.5. The number of thiophene rings is 1. The molecule has 1 aliphatic carbocycles. The first-order chi connectivity index (χ1) is 14.7. The molecular weight excluding hydrogens is 392 g/mol. The summed E-state index contributed by atoms with van der Waals surface area (Å²) in [5, 5.41) is 10.9. The first-order valence-corrected chi connectivity index (χ1v) is 11.6. The third-order valence-electron chi connectivity index (χ3n) is 6.20. The number of benzene rings is 1. The molecule has 0 radical (unpaired) electrons. The maximum atomic E-state index is 12.5. The fourth-order valence-corrected chi connectivity index (χ4v) is 5.86. The van der Waals surface area contributed by atoms with Gasteiger partial charge < -0.3 is 16.0 Å². The Hall–Kier alpha value is -2.44. The van der Waals surface area contributed by atoms with Gasteiger partial charge in [-0.15, -0.1) is 11.3 Å². The summed E-state index contributed by atoms with van der Waals surface area (Å²) >= 11 is 1.63. The summed E-state index contributed by atoms with van der Waals surface area (Å²) in [6.07, 6.45) is 6.50. The van der Waals surface area contributed by atoms with Gasteiger partial charge in [0.25, 0.3) is 5.91 Å². The highest BCUT2D eigenvalue weighted by atomic mass is 32.1. The lowest BCUT2D eigenvalue weighted by atomic mass is 9.77. The summed E-state index contributed by atoms with van der Waals surface area (Å²) in [5.41, 5.74) is 2.48. The minimum atomic E-state index is 0.0480. The first-order valence-electron chi connectivity index (χ1n) is 10.8. The maximum absolute atomic E-state index is 12.5. The van der Waals surface area contributed by atoms with Crippen molar-refractivity contribution in [3.05, 3.63) is 58.6 Å². The minimum Gasteiger partial charge on any atom is -0.373 e. The van der Waals surface area contributed by atoms with E-state index in [1.54, 1.807) is 18.4 Å². The number of hydrogen-bond donors (Lipinski definition) is 3. The molecule has 0 atom stereocenters. The van der Waals surface area contributed by atoms with Crippen molar-refractivity contribution in [3.8, 4) is 0 Å². The second-order valence-corrected chi connectivity index (χ2v) is 9.08. The summed E-state index contributed by atoms with van der Waals surface area (Å²) in [7, 11) is 3.63. The molecule has 158 valence electrons. The molecule has 30 heavy (non-hydrogen) atoms. The summed E-state index contributed by atoms with van der Waals surface area (Å²) in [4.78, 5) is 17.8. The van der Waals surface area contributed by atoms with Gasteiger partial charge in [-0.1, -0.05) is 24.3 Å². The van der Waals surface area contributed by atoms with Crippen molar-refractivity contribution in [1.82, 2.24) is 15.6 Å². The third-order valence-corrected chi connectivity index (χ3v) is 7.38. The predicted molar refractivity (Wildman–Crippen MR) is 125 cm³/mol. The molecule has 0 unspecified atom stereocenters. The number of carbonyl (C=O) groups excluding carboxylic acids is 1. The normalized spacial score (nSPS) is 19.0. The van der Waals surface area contributed by atoms with Gasteiger partial charge in [-0.05, 0) is 67.1 Å². The second-order valence-electron chi connectivity index (χ2n) is 8.03. The van der Waals surface area contributed by atoms with Crippen LogP contribution < -0.4 is 16.0 Å². The Labute approximate surface area is 182 Å². The van der Waals surface area contributed by atoms with Crippen LogP contribution in [0.5, 0.6) is 0 Å². The van der Waals surface area contributed by atoms with E-state index >= 15 is 0 Å². The van der Waals surface area contributed by atoms with Crippen LogP contribution in [0.15, 0.2) is 42.6 Å². The summed E-state index contributed by atoms with van der Waals surface area (Å²) in [5.74, 6) is 2.15. The van der Waals surface area contributed by atoms with Gasteiger partial charge >= 0.3 is 0 Å². The number of anilines is 1. The SMILES string of the molecule is CNC(=O)c1sc2ccccc2c1C1CCC(CNCc2cccnc2NC)CC1. The lowest BCUT2D eigenvalue weighted by molar-refractivity contribution is 0.0965. The van der Waals surface area contributed by atoms with Crippen molar-refractivity contribution in [1.29, 1.82) is 0 Å². The maximum Gasteiger partial charge on any atom is 0.261 e. The summed E-state index contributed by atoms with van der Waals surface area (Å²) in [6.45, 7) is 1.86. The van der Waals surface area contributed by atoms with E-state index in [4.69, 9.17) is 0 Å². The van der Waals surface area contributed by atoms with E-state index in [0.717, 1.165) is 36.6 Å². The zero-order chi connectivity index (χ0) is 20.9. The third kappa shape index (κ3) is 4.35. The monoisotopic (exact) mass is 422 g/mol. The van der Waals surface area contributed by atoms with Crippen molar-refractivity contribution in [2.45, 2.75) is 38.1 Å². The lowest BCUT2D eigenvalue weighted by Crippen LogP contribution is -2.27. The van der Waals surface area contributed by atoms with E-state index in [1.807, 2.05) is 19.3 Å². The number of hydrogen-bond acceptors (Lipinski definition) is 5. The number of amides is 1. The van der Waals surface area contributed by atoms with E-state index in [2.05, 4.69) is 51.3 Å². The van der Waals surface area contributed by atoms with Gasteiger partial charge in [0.05, 0.1) is 4.88 Å². The Morgan fingerprint density at radius 3 is 2.67 bits per heavy atom. The van der Waals surface area contributed by atoms with Gasteiger partial charge in [0, 0.05) is 37.1 Å². The molecule has 1 aliphatic rings. The van der Waals surface area contributed by atoms with E-state index in [-0.39, 0.29) is 5.91 Å². The number of pyridine rings is 1. The smallest absolute Gasteiger partial charge is 0.261 e. The van der Waals surface area contributed by atoms with Crippen LogP contribution in [-0.2, 0) is 6.54 Å². The fourth-order valence-electron chi connectivity index (χ4n) is 4.63. The molecule has 1 amide bonds.